The molecular weight excluding hydrogens is 500 g/mol. The lowest BCUT2D eigenvalue weighted by atomic mass is 10.2. The molecular formula is C27H23ClN2O5S. The lowest BCUT2D eigenvalue weighted by Crippen LogP contribution is -2.32. The number of amides is 3. The third-order valence-corrected chi connectivity index (χ3v) is 6.35. The monoisotopic (exact) mass is 522 g/mol. The van der Waals surface area contributed by atoms with Gasteiger partial charge in [-0.2, -0.15) is 0 Å². The molecule has 1 N–H and O–H groups in total. The topological polar surface area (TPSA) is 84.9 Å². The van der Waals surface area contributed by atoms with Crippen LogP contribution in [0.1, 0.15) is 11.1 Å². The fraction of sp³-hybridized carbons (Fsp3) is 0.148. The predicted molar refractivity (Wildman–Crippen MR) is 141 cm³/mol. The Morgan fingerprint density at radius 3 is 2.50 bits per heavy atom. The Morgan fingerprint density at radius 2 is 1.78 bits per heavy atom. The highest BCUT2D eigenvalue weighted by Crippen LogP contribution is 2.33. The zero-order valence-corrected chi connectivity index (χ0v) is 21.0. The van der Waals surface area contributed by atoms with Gasteiger partial charge in [0.2, 0.25) is 0 Å². The van der Waals surface area contributed by atoms with E-state index in [1.54, 1.807) is 36.4 Å². The summed E-state index contributed by atoms with van der Waals surface area (Å²) in [5.41, 5.74) is 2.41. The molecule has 0 aromatic heterocycles. The van der Waals surface area contributed by atoms with Crippen molar-refractivity contribution in [3.8, 4) is 11.5 Å². The van der Waals surface area contributed by atoms with Gasteiger partial charge in [-0.3, -0.25) is 19.3 Å². The summed E-state index contributed by atoms with van der Waals surface area (Å²) < 4.78 is 11.2. The normalized spacial score (nSPS) is 14.3. The van der Waals surface area contributed by atoms with Gasteiger partial charge in [-0.1, -0.05) is 53.6 Å². The number of aryl methyl sites for hydroxylation is 1. The van der Waals surface area contributed by atoms with Crippen LogP contribution in [0.25, 0.3) is 6.08 Å². The molecule has 0 atom stereocenters. The van der Waals surface area contributed by atoms with Crippen LogP contribution in [0.15, 0.2) is 77.7 Å². The molecule has 3 amide bonds. The zero-order valence-electron chi connectivity index (χ0n) is 19.4. The third-order valence-electron chi connectivity index (χ3n) is 5.15. The summed E-state index contributed by atoms with van der Waals surface area (Å²) in [6.07, 6.45) is 1.60. The number of thioether (sulfide) groups is 1. The largest absolute Gasteiger partial charge is 0.492 e. The summed E-state index contributed by atoms with van der Waals surface area (Å²) >= 11 is 7.18. The molecule has 0 saturated carbocycles. The summed E-state index contributed by atoms with van der Waals surface area (Å²) in [6.45, 7) is 2.12. The second-order valence-corrected chi connectivity index (χ2v) is 9.29. The van der Waals surface area contributed by atoms with E-state index in [1.807, 2.05) is 49.4 Å². The number of para-hydroxylation sites is 1. The minimum Gasteiger partial charge on any atom is -0.492 e. The molecule has 3 aromatic rings. The van der Waals surface area contributed by atoms with E-state index in [-0.39, 0.29) is 41.8 Å². The van der Waals surface area contributed by atoms with Crippen LogP contribution in [0.5, 0.6) is 11.5 Å². The highest BCUT2D eigenvalue weighted by Gasteiger charge is 2.34. The summed E-state index contributed by atoms with van der Waals surface area (Å²) in [6, 6.07) is 21.5. The van der Waals surface area contributed by atoms with E-state index in [4.69, 9.17) is 21.1 Å². The maximum absolute atomic E-state index is 12.7. The van der Waals surface area contributed by atoms with Crippen LogP contribution in [0.3, 0.4) is 0 Å². The second-order valence-electron chi connectivity index (χ2n) is 7.89. The van der Waals surface area contributed by atoms with Crippen molar-refractivity contribution in [1.29, 1.82) is 0 Å². The molecule has 36 heavy (non-hydrogen) atoms. The van der Waals surface area contributed by atoms with E-state index >= 15 is 0 Å². The standard InChI is InChI=1S/C27H23ClN2O5S/c1-18-7-10-21(11-8-18)34-14-13-30-26(32)24(36-27(30)33)16-19-9-12-23(22(28)15-19)35-17-25(31)29-20-5-3-2-4-6-20/h2-12,15-16H,13-14,17H2,1H3,(H,29,31)/b24-16-. The molecule has 1 aliphatic rings. The van der Waals surface area contributed by atoms with E-state index in [2.05, 4.69) is 5.32 Å². The quantitative estimate of drug-likeness (QED) is 0.358. The Kier molecular flexibility index (Phi) is 8.30. The van der Waals surface area contributed by atoms with Gasteiger partial charge in [0.25, 0.3) is 17.1 Å². The first kappa shape index (κ1) is 25.3. The number of nitrogens with zero attached hydrogens (tertiary/aromatic N) is 1. The minimum absolute atomic E-state index is 0.147. The fourth-order valence-corrected chi connectivity index (χ4v) is 4.43. The summed E-state index contributed by atoms with van der Waals surface area (Å²) in [5, 5.41) is 2.66. The number of nitrogens with one attached hydrogen (secondary N) is 1. The Hall–Kier alpha value is -3.75. The molecule has 1 saturated heterocycles. The third kappa shape index (κ3) is 6.68. The fourth-order valence-electron chi connectivity index (χ4n) is 3.32. The Balaban J connectivity index is 1.32. The van der Waals surface area contributed by atoms with Crippen molar-refractivity contribution in [2.75, 3.05) is 25.1 Å². The van der Waals surface area contributed by atoms with Gasteiger partial charge in [-0.15, -0.1) is 0 Å². The number of carbonyl (C=O) groups excluding carboxylic acids is 3. The summed E-state index contributed by atoms with van der Waals surface area (Å²) in [5.74, 6) is 0.309. The van der Waals surface area contributed by atoms with Gasteiger partial charge in [-0.05, 0) is 66.7 Å². The Morgan fingerprint density at radius 1 is 1.03 bits per heavy atom. The SMILES string of the molecule is Cc1ccc(OCCN2C(=O)S/C(=C\c3ccc(OCC(=O)Nc4ccccc4)c(Cl)c3)C2=O)cc1. The van der Waals surface area contributed by atoms with Crippen LogP contribution < -0.4 is 14.8 Å². The number of hydrogen-bond donors (Lipinski definition) is 1. The molecule has 184 valence electrons. The number of carbonyl (C=O) groups is 3. The maximum atomic E-state index is 12.7. The van der Waals surface area contributed by atoms with Crippen LogP contribution in [0.4, 0.5) is 10.5 Å². The maximum Gasteiger partial charge on any atom is 0.293 e. The van der Waals surface area contributed by atoms with Crippen LogP contribution in [0, 0.1) is 6.92 Å². The molecule has 4 rings (SSSR count). The van der Waals surface area contributed by atoms with E-state index in [0.29, 0.717) is 27.7 Å². The first-order valence-electron chi connectivity index (χ1n) is 11.1. The molecule has 0 aliphatic carbocycles. The van der Waals surface area contributed by atoms with Gasteiger partial charge in [-0.25, -0.2) is 0 Å². The minimum atomic E-state index is -0.383. The van der Waals surface area contributed by atoms with Crippen LogP contribution in [-0.2, 0) is 9.59 Å². The van der Waals surface area contributed by atoms with E-state index in [0.717, 1.165) is 22.2 Å². The number of ether oxygens (including phenoxy) is 2. The van der Waals surface area contributed by atoms with Gasteiger partial charge < -0.3 is 14.8 Å². The van der Waals surface area contributed by atoms with Crippen molar-refractivity contribution in [3.63, 3.8) is 0 Å². The highest BCUT2D eigenvalue weighted by molar-refractivity contribution is 8.18. The van der Waals surface area contributed by atoms with Crippen molar-refractivity contribution in [2.24, 2.45) is 0 Å². The van der Waals surface area contributed by atoms with Gasteiger partial charge in [0.15, 0.2) is 6.61 Å². The molecule has 0 bridgehead atoms. The average Bonchev–Trinajstić information content (AvgIpc) is 3.12. The number of halogens is 1. The molecule has 0 spiro atoms. The summed E-state index contributed by atoms with van der Waals surface area (Å²) in [4.78, 5) is 38.6. The average molecular weight is 523 g/mol. The van der Waals surface area contributed by atoms with E-state index in [9.17, 15) is 14.4 Å². The van der Waals surface area contributed by atoms with Crippen LogP contribution in [-0.4, -0.2) is 41.7 Å². The van der Waals surface area contributed by atoms with Crippen molar-refractivity contribution in [3.05, 3.63) is 93.9 Å². The lowest BCUT2D eigenvalue weighted by Gasteiger charge is -2.13. The van der Waals surface area contributed by atoms with Gasteiger partial charge in [0.05, 0.1) is 16.5 Å². The first-order valence-corrected chi connectivity index (χ1v) is 12.3. The van der Waals surface area contributed by atoms with Crippen LogP contribution >= 0.6 is 23.4 Å². The first-order chi connectivity index (χ1) is 17.4. The summed E-state index contributed by atoms with van der Waals surface area (Å²) in [7, 11) is 0. The van der Waals surface area contributed by atoms with E-state index < -0.39 is 0 Å². The molecule has 0 unspecified atom stereocenters. The van der Waals surface area contributed by atoms with Crippen LogP contribution in [0.2, 0.25) is 5.02 Å². The molecule has 1 heterocycles. The Labute approximate surface area is 218 Å². The van der Waals surface area contributed by atoms with Crippen molar-refractivity contribution in [2.45, 2.75) is 6.92 Å². The highest BCUT2D eigenvalue weighted by atomic mass is 35.5. The molecule has 9 heteroatoms. The molecule has 1 fully saturated rings. The van der Waals surface area contributed by atoms with E-state index in [1.165, 1.54) is 0 Å². The molecule has 0 radical (unpaired) electrons. The van der Waals surface area contributed by atoms with Crippen molar-refractivity contribution >= 4 is 52.2 Å². The van der Waals surface area contributed by atoms with Crippen molar-refractivity contribution in [1.82, 2.24) is 4.90 Å². The second kappa shape index (κ2) is 11.8. The molecule has 3 aromatic carbocycles. The lowest BCUT2D eigenvalue weighted by molar-refractivity contribution is -0.123. The van der Waals surface area contributed by atoms with Gasteiger partial charge in [0, 0.05) is 5.69 Å². The van der Waals surface area contributed by atoms with Gasteiger partial charge >= 0.3 is 0 Å². The smallest absolute Gasteiger partial charge is 0.293 e. The van der Waals surface area contributed by atoms with Crippen molar-refractivity contribution < 1.29 is 23.9 Å². The molecule has 1 aliphatic heterocycles. The van der Waals surface area contributed by atoms with Gasteiger partial charge in [0.1, 0.15) is 18.1 Å². The zero-order chi connectivity index (χ0) is 25.5. The Bertz CT molecular complexity index is 1300. The number of rotatable bonds is 9. The number of imide groups is 1. The predicted octanol–water partition coefficient (Wildman–Crippen LogP) is 5.78. The number of anilines is 1. The number of hydrogen-bond acceptors (Lipinski definition) is 6. The molecule has 7 nitrogen and oxygen atoms in total. The number of benzene rings is 3.